The fourth-order valence-electron chi connectivity index (χ4n) is 4.17. The van der Waals surface area contributed by atoms with Crippen LogP contribution in [0.2, 0.25) is 0 Å². The molecule has 3 fully saturated rings. The number of amides is 2. The first-order chi connectivity index (χ1) is 13.2. The van der Waals surface area contributed by atoms with Crippen LogP contribution >= 0.6 is 0 Å². The number of pyridine rings is 2. The minimum Gasteiger partial charge on any atom is -0.338 e. The maximum absolute atomic E-state index is 12.9. The van der Waals surface area contributed by atoms with E-state index in [0.717, 1.165) is 37.9 Å². The number of carbonyl (C=O) groups excluding carboxylic acids is 2. The Bertz CT molecular complexity index is 796. The molecule has 0 unspecified atom stereocenters. The lowest BCUT2D eigenvalue weighted by molar-refractivity contribution is -0.135. The number of piperidine rings is 1. The van der Waals surface area contributed by atoms with Gasteiger partial charge in [-0.05, 0) is 55.0 Å². The summed E-state index contributed by atoms with van der Waals surface area (Å²) >= 11 is 0. The Morgan fingerprint density at radius 1 is 0.926 bits per heavy atom. The molecule has 0 aromatic carbocycles. The van der Waals surface area contributed by atoms with Gasteiger partial charge in [0.25, 0.3) is 5.91 Å². The highest BCUT2D eigenvalue weighted by Gasteiger charge is 2.38. The van der Waals surface area contributed by atoms with Gasteiger partial charge >= 0.3 is 0 Å². The quantitative estimate of drug-likeness (QED) is 0.834. The topological polar surface area (TPSA) is 66.4 Å². The largest absolute Gasteiger partial charge is 0.338 e. The van der Waals surface area contributed by atoms with Crippen molar-refractivity contribution < 1.29 is 9.59 Å². The molecule has 27 heavy (non-hydrogen) atoms. The summed E-state index contributed by atoms with van der Waals surface area (Å²) in [4.78, 5) is 37.7. The second-order valence-corrected chi connectivity index (χ2v) is 7.44. The van der Waals surface area contributed by atoms with E-state index < -0.39 is 0 Å². The molecule has 5 rings (SSSR count). The van der Waals surface area contributed by atoms with Gasteiger partial charge in [0.2, 0.25) is 5.91 Å². The summed E-state index contributed by atoms with van der Waals surface area (Å²) < 4.78 is 0. The molecule has 0 N–H and O–H groups in total. The standard InChI is InChI=1S/C21H24N4O2/c26-20(4-2-16-5-9-22-10-6-16)25-14-17-1-3-19(25)15-24(13-17)21(27)18-7-11-23-12-8-18/h5-12,17,19H,1-4,13-15H2/t17-,19+/m0/s1. The number of aryl methyl sites for hydroxylation is 1. The molecular formula is C21H24N4O2. The summed E-state index contributed by atoms with van der Waals surface area (Å²) in [6.07, 6.45) is 10.1. The van der Waals surface area contributed by atoms with E-state index in [1.165, 1.54) is 0 Å². The van der Waals surface area contributed by atoms with Crippen molar-refractivity contribution in [2.75, 3.05) is 19.6 Å². The van der Waals surface area contributed by atoms with Gasteiger partial charge in [0, 0.05) is 62.4 Å². The molecule has 2 amide bonds. The Morgan fingerprint density at radius 3 is 2.37 bits per heavy atom. The van der Waals surface area contributed by atoms with E-state index >= 15 is 0 Å². The van der Waals surface area contributed by atoms with Crippen LogP contribution in [0.4, 0.5) is 0 Å². The summed E-state index contributed by atoms with van der Waals surface area (Å²) in [5.41, 5.74) is 1.80. The zero-order chi connectivity index (χ0) is 18.6. The van der Waals surface area contributed by atoms with E-state index in [-0.39, 0.29) is 17.9 Å². The zero-order valence-electron chi connectivity index (χ0n) is 15.3. The highest BCUT2D eigenvalue weighted by molar-refractivity contribution is 5.94. The fourth-order valence-corrected chi connectivity index (χ4v) is 4.17. The minimum absolute atomic E-state index is 0.0420. The van der Waals surface area contributed by atoms with Crippen molar-refractivity contribution in [2.24, 2.45) is 5.92 Å². The predicted molar refractivity (Wildman–Crippen MR) is 101 cm³/mol. The molecule has 2 aromatic rings. The van der Waals surface area contributed by atoms with Crippen LogP contribution in [0.1, 0.15) is 35.2 Å². The third-order valence-electron chi connectivity index (χ3n) is 5.63. The molecule has 3 aliphatic heterocycles. The van der Waals surface area contributed by atoms with Crippen molar-refractivity contribution in [1.82, 2.24) is 19.8 Å². The molecule has 6 nitrogen and oxygen atoms in total. The van der Waals surface area contributed by atoms with E-state index in [1.807, 2.05) is 21.9 Å². The van der Waals surface area contributed by atoms with Gasteiger partial charge in [0.05, 0.1) is 0 Å². The Balaban J connectivity index is 1.42. The van der Waals surface area contributed by atoms with Crippen LogP contribution in [-0.4, -0.2) is 57.3 Å². The monoisotopic (exact) mass is 364 g/mol. The third kappa shape index (κ3) is 3.99. The van der Waals surface area contributed by atoms with Crippen LogP contribution in [0.5, 0.6) is 0 Å². The van der Waals surface area contributed by atoms with E-state index in [0.29, 0.717) is 24.4 Å². The number of nitrogens with zero attached hydrogens (tertiary/aromatic N) is 4. The smallest absolute Gasteiger partial charge is 0.254 e. The highest BCUT2D eigenvalue weighted by atomic mass is 16.2. The maximum atomic E-state index is 12.9. The summed E-state index contributed by atoms with van der Waals surface area (Å²) in [7, 11) is 0. The summed E-state index contributed by atoms with van der Waals surface area (Å²) in [5, 5.41) is 0. The van der Waals surface area contributed by atoms with E-state index in [9.17, 15) is 9.59 Å². The molecule has 0 saturated carbocycles. The number of carbonyl (C=O) groups is 2. The molecule has 0 aliphatic carbocycles. The molecule has 2 atom stereocenters. The average Bonchev–Trinajstić information content (AvgIpc) is 3.05. The number of rotatable bonds is 4. The molecule has 3 aliphatic rings. The van der Waals surface area contributed by atoms with Gasteiger partial charge in [-0.25, -0.2) is 0 Å². The molecule has 0 radical (unpaired) electrons. The lowest BCUT2D eigenvalue weighted by Gasteiger charge is -2.36. The van der Waals surface area contributed by atoms with Gasteiger partial charge in [-0.3, -0.25) is 19.6 Å². The molecule has 2 bridgehead atoms. The van der Waals surface area contributed by atoms with Crippen molar-refractivity contribution in [1.29, 1.82) is 0 Å². The number of aromatic nitrogens is 2. The van der Waals surface area contributed by atoms with Gasteiger partial charge in [0.1, 0.15) is 0 Å². The van der Waals surface area contributed by atoms with Crippen molar-refractivity contribution >= 4 is 11.8 Å². The van der Waals surface area contributed by atoms with Crippen LogP contribution in [-0.2, 0) is 11.2 Å². The first-order valence-electron chi connectivity index (χ1n) is 9.58. The first kappa shape index (κ1) is 17.6. The second-order valence-electron chi connectivity index (χ2n) is 7.44. The van der Waals surface area contributed by atoms with E-state index in [2.05, 4.69) is 9.97 Å². The molecule has 2 aromatic heterocycles. The predicted octanol–water partition coefficient (Wildman–Crippen LogP) is 2.17. The van der Waals surface area contributed by atoms with Gasteiger partial charge in [0.15, 0.2) is 0 Å². The van der Waals surface area contributed by atoms with Gasteiger partial charge in [-0.2, -0.15) is 0 Å². The molecule has 3 saturated heterocycles. The lowest BCUT2D eigenvalue weighted by atomic mass is 9.94. The fraction of sp³-hybridized carbons (Fsp3) is 0.429. The van der Waals surface area contributed by atoms with Gasteiger partial charge < -0.3 is 9.80 Å². The summed E-state index contributed by atoms with van der Waals surface area (Å²) in [6, 6.07) is 7.55. The van der Waals surface area contributed by atoms with Crippen LogP contribution in [0.25, 0.3) is 0 Å². The van der Waals surface area contributed by atoms with E-state index in [1.54, 1.807) is 36.9 Å². The second kappa shape index (κ2) is 7.86. The molecule has 6 heteroatoms. The van der Waals surface area contributed by atoms with Crippen LogP contribution in [0.3, 0.4) is 0 Å². The Kier molecular flexibility index (Phi) is 5.14. The van der Waals surface area contributed by atoms with Crippen molar-refractivity contribution in [2.45, 2.75) is 31.7 Å². The summed E-state index contributed by atoms with van der Waals surface area (Å²) in [6.45, 7) is 2.12. The number of fused-ring (bicyclic) bond motifs is 4. The number of hydrogen-bond acceptors (Lipinski definition) is 4. The number of hydrogen-bond donors (Lipinski definition) is 0. The molecular weight excluding hydrogens is 340 g/mol. The van der Waals surface area contributed by atoms with Crippen LogP contribution in [0.15, 0.2) is 49.1 Å². The SMILES string of the molecule is O=C(c1ccncc1)N1C[C@@H]2CC[C@H](C1)N(C(=O)CCc1ccncc1)C2. The normalized spacial score (nSPS) is 21.8. The molecule has 5 heterocycles. The average molecular weight is 364 g/mol. The van der Waals surface area contributed by atoms with Crippen LogP contribution < -0.4 is 0 Å². The van der Waals surface area contributed by atoms with Crippen LogP contribution in [0, 0.1) is 5.92 Å². The van der Waals surface area contributed by atoms with Crippen molar-refractivity contribution in [3.05, 3.63) is 60.2 Å². The van der Waals surface area contributed by atoms with Crippen molar-refractivity contribution in [3.63, 3.8) is 0 Å². The zero-order valence-corrected chi connectivity index (χ0v) is 15.3. The Morgan fingerprint density at radius 2 is 1.63 bits per heavy atom. The highest BCUT2D eigenvalue weighted by Crippen LogP contribution is 2.29. The van der Waals surface area contributed by atoms with Gasteiger partial charge in [-0.15, -0.1) is 0 Å². The Labute approximate surface area is 159 Å². The maximum Gasteiger partial charge on any atom is 0.254 e. The molecule has 140 valence electrons. The van der Waals surface area contributed by atoms with Crippen molar-refractivity contribution in [3.8, 4) is 0 Å². The van der Waals surface area contributed by atoms with Gasteiger partial charge in [-0.1, -0.05) is 0 Å². The Hall–Kier alpha value is -2.76. The minimum atomic E-state index is 0.0420. The van der Waals surface area contributed by atoms with E-state index in [4.69, 9.17) is 0 Å². The molecule has 0 spiro atoms. The third-order valence-corrected chi connectivity index (χ3v) is 5.63. The first-order valence-corrected chi connectivity index (χ1v) is 9.58. The summed E-state index contributed by atoms with van der Waals surface area (Å²) in [5.74, 6) is 0.597. The lowest BCUT2D eigenvalue weighted by Crippen LogP contribution is -2.47.